The second-order valence-electron chi connectivity index (χ2n) is 7.24. The highest BCUT2D eigenvalue weighted by Crippen LogP contribution is 2.40. The van der Waals surface area contributed by atoms with E-state index in [9.17, 15) is 4.79 Å². The average molecular weight is 403 g/mol. The quantitative estimate of drug-likeness (QED) is 0.606. The van der Waals surface area contributed by atoms with Crippen molar-refractivity contribution in [2.45, 2.75) is 25.4 Å². The van der Waals surface area contributed by atoms with Gasteiger partial charge >= 0.3 is 0 Å². The minimum absolute atomic E-state index is 0.0440. The molecule has 0 saturated heterocycles. The third-order valence-electron chi connectivity index (χ3n) is 5.45. The van der Waals surface area contributed by atoms with Crippen LogP contribution in [0.25, 0.3) is 0 Å². The van der Waals surface area contributed by atoms with Crippen molar-refractivity contribution >= 4 is 11.6 Å². The number of nitrogens with one attached hydrogen (secondary N) is 1. The number of carbonyl (C=O) groups is 1. The van der Waals surface area contributed by atoms with E-state index >= 15 is 0 Å². The zero-order chi connectivity index (χ0) is 20.9. The molecular weight excluding hydrogens is 378 g/mol. The van der Waals surface area contributed by atoms with E-state index in [0.29, 0.717) is 23.8 Å². The van der Waals surface area contributed by atoms with E-state index in [1.807, 2.05) is 48.5 Å². The van der Waals surface area contributed by atoms with Crippen LogP contribution < -0.4 is 19.5 Å². The van der Waals surface area contributed by atoms with Gasteiger partial charge in [-0.3, -0.25) is 4.79 Å². The zero-order valence-corrected chi connectivity index (χ0v) is 17.2. The van der Waals surface area contributed by atoms with Crippen LogP contribution in [-0.2, 0) is 17.8 Å². The smallest absolute Gasteiger partial charge is 0.232 e. The number of ether oxygens (including phenoxy) is 3. The first kappa shape index (κ1) is 19.8. The highest BCUT2D eigenvalue weighted by molar-refractivity contribution is 5.98. The lowest BCUT2D eigenvalue weighted by Crippen LogP contribution is -2.19. The predicted octanol–water partition coefficient (Wildman–Crippen LogP) is 4.95. The molecule has 1 N–H and O–H groups in total. The zero-order valence-electron chi connectivity index (χ0n) is 17.2. The summed E-state index contributed by atoms with van der Waals surface area (Å²) in [7, 11) is 3.17. The molecule has 3 aromatic carbocycles. The van der Waals surface area contributed by atoms with Crippen molar-refractivity contribution in [2.24, 2.45) is 0 Å². The van der Waals surface area contributed by atoms with Gasteiger partial charge in [0.1, 0.15) is 23.9 Å². The van der Waals surface area contributed by atoms with Gasteiger partial charge in [-0.15, -0.1) is 0 Å². The molecule has 0 spiro atoms. The van der Waals surface area contributed by atoms with Crippen LogP contribution in [0.4, 0.5) is 5.69 Å². The maximum atomic E-state index is 13.1. The number of fused-ring (bicyclic) bond motifs is 1. The molecule has 5 heteroatoms. The molecule has 1 aliphatic carbocycles. The van der Waals surface area contributed by atoms with E-state index in [4.69, 9.17) is 14.2 Å². The fourth-order valence-corrected chi connectivity index (χ4v) is 3.89. The Bertz CT molecular complexity index is 1030. The first-order valence-electron chi connectivity index (χ1n) is 10.0. The normalized spacial score (nSPS) is 14.7. The van der Waals surface area contributed by atoms with Gasteiger partial charge in [0.25, 0.3) is 0 Å². The van der Waals surface area contributed by atoms with Crippen LogP contribution in [-0.4, -0.2) is 20.1 Å². The lowest BCUT2D eigenvalue weighted by atomic mass is 10.00. The molecule has 0 fully saturated rings. The average Bonchev–Trinajstić information content (AvgIpc) is 3.23. The molecule has 0 aliphatic heterocycles. The van der Waals surface area contributed by atoms with Gasteiger partial charge in [-0.2, -0.15) is 0 Å². The van der Waals surface area contributed by atoms with E-state index in [1.165, 1.54) is 0 Å². The lowest BCUT2D eigenvalue weighted by Gasteiger charge is -2.16. The summed E-state index contributed by atoms with van der Waals surface area (Å²) in [4.78, 5) is 13.1. The SMILES string of the molecule is COc1ccc(NC(=O)C2CCc3c(OCc4ccccc4)cccc32)c(OC)c1. The number of benzene rings is 3. The van der Waals surface area contributed by atoms with Gasteiger partial charge < -0.3 is 19.5 Å². The van der Waals surface area contributed by atoms with Crippen molar-refractivity contribution in [2.75, 3.05) is 19.5 Å². The van der Waals surface area contributed by atoms with E-state index in [2.05, 4.69) is 5.32 Å². The van der Waals surface area contributed by atoms with E-state index < -0.39 is 0 Å². The molecule has 5 nitrogen and oxygen atoms in total. The first-order valence-corrected chi connectivity index (χ1v) is 10.0. The number of methoxy groups -OCH3 is 2. The minimum atomic E-state index is -0.216. The minimum Gasteiger partial charge on any atom is -0.497 e. The highest BCUT2D eigenvalue weighted by Gasteiger charge is 2.31. The van der Waals surface area contributed by atoms with Crippen molar-refractivity contribution in [3.8, 4) is 17.2 Å². The monoisotopic (exact) mass is 403 g/mol. The summed E-state index contributed by atoms with van der Waals surface area (Å²) in [6, 6.07) is 21.4. The van der Waals surface area contributed by atoms with Crippen LogP contribution in [0.15, 0.2) is 66.7 Å². The van der Waals surface area contributed by atoms with Crippen molar-refractivity contribution in [1.29, 1.82) is 0 Å². The molecule has 3 aromatic rings. The Morgan fingerprint density at radius 3 is 2.57 bits per heavy atom. The summed E-state index contributed by atoms with van der Waals surface area (Å²) in [5.74, 6) is 1.84. The van der Waals surface area contributed by atoms with Gasteiger partial charge in [0.05, 0.1) is 25.8 Å². The highest BCUT2D eigenvalue weighted by atomic mass is 16.5. The third kappa shape index (κ3) is 4.10. The molecule has 1 atom stereocenters. The molecular formula is C25H25NO4. The van der Waals surface area contributed by atoms with Gasteiger partial charge in [-0.05, 0) is 47.7 Å². The molecule has 154 valence electrons. The Balaban J connectivity index is 1.50. The fraction of sp³-hybridized carbons (Fsp3) is 0.240. The third-order valence-corrected chi connectivity index (χ3v) is 5.45. The topological polar surface area (TPSA) is 56.8 Å². The molecule has 0 heterocycles. The molecule has 0 aromatic heterocycles. The van der Waals surface area contributed by atoms with Gasteiger partial charge in [0.15, 0.2) is 0 Å². The van der Waals surface area contributed by atoms with Crippen molar-refractivity contribution in [1.82, 2.24) is 0 Å². The largest absolute Gasteiger partial charge is 0.497 e. The summed E-state index contributed by atoms with van der Waals surface area (Å²) in [6.07, 6.45) is 1.57. The first-order chi connectivity index (χ1) is 14.7. The van der Waals surface area contributed by atoms with Gasteiger partial charge in [0.2, 0.25) is 5.91 Å². The fourth-order valence-electron chi connectivity index (χ4n) is 3.89. The van der Waals surface area contributed by atoms with Crippen LogP contribution in [0.2, 0.25) is 0 Å². The van der Waals surface area contributed by atoms with Crippen LogP contribution in [0.3, 0.4) is 0 Å². The van der Waals surface area contributed by atoms with Gasteiger partial charge in [0, 0.05) is 6.07 Å². The van der Waals surface area contributed by atoms with E-state index in [0.717, 1.165) is 35.3 Å². The number of hydrogen-bond acceptors (Lipinski definition) is 4. The second kappa shape index (κ2) is 8.91. The number of amides is 1. The summed E-state index contributed by atoms with van der Waals surface area (Å²) in [5, 5.41) is 3.01. The van der Waals surface area contributed by atoms with Crippen LogP contribution in [0.5, 0.6) is 17.2 Å². The molecule has 4 rings (SSSR count). The Morgan fingerprint density at radius 1 is 0.967 bits per heavy atom. The standard InChI is InChI=1S/C25H25NO4/c1-28-18-11-14-22(24(15-18)29-2)26-25(27)21-13-12-20-19(21)9-6-10-23(20)30-16-17-7-4-3-5-8-17/h3-11,14-15,21H,12-13,16H2,1-2H3,(H,26,27). The number of anilines is 1. The Hall–Kier alpha value is -3.47. The van der Waals surface area contributed by atoms with Crippen molar-refractivity contribution < 1.29 is 19.0 Å². The Morgan fingerprint density at radius 2 is 1.80 bits per heavy atom. The molecule has 1 aliphatic rings. The molecule has 0 bridgehead atoms. The molecule has 30 heavy (non-hydrogen) atoms. The second-order valence-corrected chi connectivity index (χ2v) is 7.24. The summed E-state index contributed by atoms with van der Waals surface area (Å²) in [6.45, 7) is 0.511. The summed E-state index contributed by atoms with van der Waals surface area (Å²) < 4.78 is 16.7. The maximum Gasteiger partial charge on any atom is 0.232 e. The van der Waals surface area contributed by atoms with E-state index in [-0.39, 0.29) is 11.8 Å². The number of hydrogen-bond donors (Lipinski definition) is 1. The van der Waals surface area contributed by atoms with Crippen LogP contribution in [0, 0.1) is 0 Å². The predicted molar refractivity (Wildman–Crippen MR) is 116 cm³/mol. The maximum absolute atomic E-state index is 13.1. The molecule has 0 saturated carbocycles. The van der Waals surface area contributed by atoms with Gasteiger partial charge in [-0.25, -0.2) is 0 Å². The number of carbonyl (C=O) groups excluding carboxylic acids is 1. The molecule has 1 amide bonds. The van der Waals surface area contributed by atoms with Crippen molar-refractivity contribution in [3.63, 3.8) is 0 Å². The molecule has 1 unspecified atom stereocenters. The molecule has 0 radical (unpaired) electrons. The van der Waals surface area contributed by atoms with Crippen LogP contribution in [0.1, 0.15) is 29.0 Å². The van der Waals surface area contributed by atoms with Gasteiger partial charge in [-0.1, -0.05) is 42.5 Å². The van der Waals surface area contributed by atoms with Crippen LogP contribution >= 0.6 is 0 Å². The summed E-state index contributed by atoms with van der Waals surface area (Å²) >= 11 is 0. The Kier molecular flexibility index (Phi) is 5.89. The number of rotatable bonds is 7. The Labute approximate surface area is 176 Å². The van der Waals surface area contributed by atoms with Crippen molar-refractivity contribution in [3.05, 3.63) is 83.4 Å². The summed E-state index contributed by atoms with van der Waals surface area (Å²) in [5.41, 5.74) is 3.91. The van der Waals surface area contributed by atoms with E-state index in [1.54, 1.807) is 32.4 Å². The lowest BCUT2D eigenvalue weighted by molar-refractivity contribution is -0.117.